The monoisotopic (exact) mass is 838 g/mol. The van der Waals surface area contributed by atoms with E-state index in [-0.39, 0.29) is 43.9 Å². The Hall–Kier alpha value is -3.39. The third-order valence-electron chi connectivity index (χ3n) is 10.5. The summed E-state index contributed by atoms with van der Waals surface area (Å²) in [4.78, 5) is 17.6. The van der Waals surface area contributed by atoms with Crippen LogP contribution in [0.5, 0.6) is 11.5 Å². The van der Waals surface area contributed by atoms with Gasteiger partial charge in [0.2, 0.25) is 0 Å². The molecule has 7 heteroatoms. The molecule has 1 N–H and O–H groups in total. The molecule has 0 spiro atoms. The molecule has 5 rings (SSSR count). The number of phenols is 1. The van der Waals surface area contributed by atoms with E-state index in [2.05, 4.69) is 158 Å². The van der Waals surface area contributed by atoms with Gasteiger partial charge >= 0.3 is 5.97 Å². The highest BCUT2D eigenvalue weighted by atomic mass is 32.2. The molecule has 0 fully saturated rings. The Kier molecular flexibility index (Phi) is 13.1. The number of fused-ring (bicyclic) bond motifs is 1. The summed E-state index contributed by atoms with van der Waals surface area (Å²) in [5.74, 6) is 0.272. The Labute approximate surface area is 361 Å². The number of ether oxygens (including phenoxy) is 1. The zero-order valence-electron chi connectivity index (χ0n) is 37.5. The van der Waals surface area contributed by atoms with Gasteiger partial charge in [0.25, 0.3) is 0 Å². The minimum atomic E-state index is -0.376. The summed E-state index contributed by atoms with van der Waals surface area (Å²) >= 11 is 5.28. The fourth-order valence-electron chi connectivity index (χ4n) is 7.43. The minimum absolute atomic E-state index is 0.0120. The lowest BCUT2D eigenvalue weighted by Gasteiger charge is -2.32. The number of halogens is 1. The molecule has 1 aliphatic rings. The molecule has 0 amide bonds. The molecule has 310 valence electrons. The molecule has 58 heavy (non-hydrogen) atoms. The van der Waals surface area contributed by atoms with Crippen molar-refractivity contribution in [3.8, 4) is 11.5 Å². The van der Waals surface area contributed by atoms with Crippen LogP contribution >= 0.6 is 35.3 Å². The molecule has 0 saturated carbocycles. The van der Waals surface area contributed by atoms with Crippen molar-refractivity contribution in [2.75, 3.05) is 6.26 Å². The predicted molar refractivity (Wildman–Crippen MR) is 250 cm³/mol. The van der Waals surface area contributed by atoms with Crippen LogP contribution in [-0.4, -0.2) is 21.4 Å². The molecule has 0 radical (unpaired) electrons. The van der Waals surface area contributed by atoms with Crippen LogP contribution in [0.15, 0.2) is 87.0 Å². The quantitative estimate of drug-likeness (QED) is 0.0784. The lowest BCUT2D eigenvalue weighted by molar-refractivity contribution is -0.133. The SMILES string of the molecule is CSc1ccc(/C=C2/C(C)=C(CC(=O)Oc3c(C(C)(C)C)cc(SC(C)(C)Sc4cc(C(C)(C)C)c(O)c(C(C)(C)C)c4)cc3C(C)(C)C)c3cc(F)ccc32)cc1. The van der Waals surface area contributed by atoms with Gasteiger partial charge in [0.1, 0.15) is 17.3 Å². The summed E-state index contributed by atoms with van der Waals surface area (Å²) in [6.45, 7) is 32.3. The first kappa shape index (κ1) is 45.7. The topological polar surface area (TPSA) is 46.5 Å². The van der Waals surface area contributed by atoms with Crippen LogP contribution in [0.4, 0.5) is 4.39 Å². The Morgan fingerprint density at radius 3 is 1.57 bits per heavy atom. The lowest BCUT2D eigenvalue weighted by atomic mass is 9.79. The number of hydrogen-bond donors (Lipinski definition) is 1. The number of aromatic hydroxyl groups is 1. The number of allylic oxidation sites excluding steroid dienone is 2. The second-order valence-electron chi connectivity index (χ2n) is 20.1. The van der Waals surface area contributed by atoms with Crippen molar-refractivity contribution in [3.05, 3.63) is 117 Å². The highest BCUT2D eigenvalue weighted by Gasteiger charge is 2.34. The standard InChI is InChI=1S/C51H63FO3S3/c1-30-37(23-31-17-20-33(56-16)21-18-31)36-22-19-32(52)24-39(36)38(30)29-44(53)55-46-42(49(8,9)10)27-35(28-43(46)50(11,12)13)58-51(14,15)57-34-25-40(47(2,3)4)45(54)41(26-34)48(5,6)7/h17-28,54H,29H2,1-16H3/b37-23-. The number of hydrogen-bond acceptors (Lipinski definition) is 6. The average molecular weight is 839 g/mol. The van der Waals surface area contributed by atoms with Crippen LogP contribution in [0.25, 0.3) is 17.2 Å². The molecular formula is C51H63FO3S3. The molecule has 0 heterocycles. The largest absolute Gasteiger partial charge is 0.507 e. The Morgan fingerprint density at radius 1 is 0.655 bits per heavy atom. The van der Waals surface area contributed by atoms with E-state index in [1.54, 1.807) is 35.3 Å². The Balaban J connectivity index is 1.51. The third kappa shape index (κ3) is 10.5. The molecule has 0 aromatic heterocycles. The number of benzene rings is 4. The molecule has 0 unspecified atom stereocenters. The summed E-state index contributed by atoms with van der Waals surface area (Å²) < 4.78 is 21.0. The van der Waals surface area contributed by atoms with Gasteiger partial charge in [-0.2, -0.15) is 0 Å². The van der Waals surface area contributed by atoms with Crippen molar-refractivity contribution in [1.82, 2.24) is 0 Å². The van der Waals surface area contributed by atoms with Crippen molar-refractivity contribution in [1.29, 1.82) is 0 Å². The van der Waals surface area contributed by atoms with Crippen molar-refractivity contribution < 1.29 is 19.0 Å². The molecule has 0 saturated heterocycles. The van der Waals surface area contributed by atoms with Gasteiger partial charge in [-0.1, -0.05) is 101 Å². The number of esters is 1. The van der Waals surface area contributed by atoms with Gasteiger partial charge in [-0.15, -0.1) is 35.3 Å². The van der Waals surface area contributed by atoms with Crippen molar-refractivity contribution >= 4 is 58.5 Å². The first-order valence-corrected chi connectivity index (χ1v) is 23.0. The summed E-state index contributed by atoms with van der Waals surface area (Å²) in [5, 5.41) is 11.4. The Bertz CT molecular complexity index is 2200. The van der Waals surface area contributed by atoms with Crippen LogP contribution in [-0.2, 0) is 26.5 Å². The zero-order valence-corrected chi connectivity index (χ0v) is 40.0. The molecule has 0 atom stereocenters. The maximum atomic E-state index is 14.8. The number of phenolic OH excluding ortho intramolecular Hbond substituents is 1. The van der Waals surface area contributed by atoms with E-state index < -0.39 is 0 Å². The van der Waals surface area contributed by atoms with E-state index in [0.717, 1.165) is 65.5 Å². The van der Waals surface area contributed by atoms with Crippen LogP contribution in [0.1, 0.15) is 149 Å². The molecule has 3 nitrogen and oxygen atoms in total. The van der Waals surface area contributed by atoms with Gasteiger partial charge in [-0.05, 0) is 137 Å². The van der Waals surface area contributed by atoms with Gasteiger partial charge in [0, 0.05) is 36.9 Å². The first-order chi connectivity index (χ1) is 26.6. The van der Waals surface area contributed by atoms with Crippen LogP contribution in [0.3, 0.4) is 0 Å². The molecule has 4 aromatic rings. The molecular weight excluding hydrogens is 776 g/mol. The average Bonchev–Trinajstić information content (AvgIpc) is 3.32. The maximum absolute atomic E-state index is 14.8. The number of rotatable bonds is 9. The predicted octanol–water partition coefficient (Wildman–Crippen LogP) is 15.4. The van der Waals surface area contributed by atoms with E-state index >= 15 is 0 Å². The summed E-state index contributed by atoms with van der Waals surface area (Å²) in [6, 6.07) is 21.9. The molecule has 0 aliphatic heterocycles. The van der Waals surface area contributed by atoms with Gasteiger partial charge < -0.3 is 9.84 Å². The normalized spacial score (nSPS) is 14.7. The molecule has 0 bridgehead atoms. The van der Waals surface area contributed by atoms with E-state index in [0.29, 0.717) is 11.5 Å². The third-order valence-corrected chi connectivity index (χ3v) is 13.7. The van der Waals surface area contributed by atoms with E-state index in [9.17, 15) is 14.3 Å². The maximum Gasteiger partial charge on any atom is 0.315 e. The second-order valence-corrected chi connectivity index (χ2v) is 24.6. The summed E-state index contributed by atoms with van der Waals surface area (Å²) in [6.07, 6.45) is 4.19. The molecule has 4 aromatic carbocycles. The van der Waals surface area contributed by atoms with Crippen LogP contribution in [0.2, 0.25) is 0 Å². The Morgan fingerprint density at radius 2 is 1.12 bits per heavy atom. The highest BCUT2D eigenvalue weighted by Crippen LogP contribution is 2.52. The fraction of sp³-hybridized carbons (Fsp3) is 0.431. The minimum Gasteiger partial charge on any atom is -0.507 e. The first-order valence-electron chi connectivity index (χ1n) is 20.1. The number of carbonyl (C=O) groups is 1. The van der Waals surface area contributed by atoms with Crippen LogP contribution in [0, 0.1) is 5.82 Å². The van der Waals surface area contributed by atoms with E-state index in [1.165, 1.54) is 17.0 Å². The number of thioether (sulfide) groups is 3. The van der Waals surface area contributed by atoms with Gasteiger partial charge in [0.15, 0.2) is 0 Å². The van der Waals surface area contributed by atoms with Crippen LogP contribution < -0.4 is 4.74 Å². The van der Waals surface area contributed by atoms with Crippen molar-refractivity contribution in [2.45, 2.75) is 151 Å². The van der Waals surface area contributed by atoms with Crippen molar-refractivity contribution in [3.63, 3.8) is 0 Å². The highest BCUT2D eigenvalue weighted by molar-refractivity contribution is 8.18. The van der Waals surface area contributed by atoms with Crippen molar-refractivity contribution in [2.24, 2.45) is 0 Å². The van der Waals surface area contributed by atoms with E-state index in [4.69, 9.17) is 4.74 Å². The van der Waals surface area contributed by atoms with Gasteiger partial charge in [-0.25, -0.2) is 4.39 Å². The fourth-order valence-corrected chi connectivity index (χ4v) is 10.4. The van der Waals surface area contributed by atoms with Gasteiger partial charge in [-0.3, -0.25) is 4.79 Å². The lowest BCUT2D eigenvalue weighted by Crippen LogP contribution is -2.22. The second kappa shape index (κ2) is 16.6. The summed E-state index contributed by atoms with van der Waals surface area (Å²) in [7, 11) is 0. The van der Waals surface area contributed by atoms with E-state index in [1.807, 2.05) is 13.0 Å². The van der Waals surface area contributed by atoms with Gasteiger partial charge in [0.05, 0.1) is 10.5 Å². The molecule has 1 aliphatic carbocycles. The summed E-state index contributed by atoms with van der Waals surface area (Å²) in [5.41, 5.74) is 8.10. The number of carbonyl (C=O) groups excluding carboxylic acids is 1. The smallest absolute Gasteiger partial charge is 0.315 e. The zero-order chi connectivity index (χ0) is 43.3.